The molecule has 0 bridgehead atoms. The van der Waals surface area contributed by atoms with E-state index in [4.69, 9.17) is 15.2 Å². The molecule has 21 heavy (non-hydrogen) atoms. The number of benzene rings is 1. The predicted molar refractivity (Wildman–Crippen MR) is 84.0 cm³/mol. The van der Waals surface area contributed by atoms with Crippen molar-refractivity contribution in [2.45, 2.75) is 54.3 Å². The number of nitrogen functional groups attached to an aromatic ring is 1. The molecule has 2 unspecified atom stereocenters. The molecule has 1 aliphatic carbocycles. The van der Waals surface area contributed by atoms with Gasteiger partial charge in [-0.2, -0.15) is 0 Å². The summed E-state index contributed by atoms with van der Waals surface area (Å²) in [5.74, 6) is 0.625. The lowest BCUT2D eigenvalue weighted by molar-refractivity contribution is -0.0708. The maximum Gasteiger partial charge on any atom is 0.137 e. The van der Waals surface area contributed by atoms with Gasteiger partial charge in [-0.3, -0.25) is 4.21 Å². The van der Waals surface area contributed by atoms with Crippen molar-refractivity contribution < 1.29 is 13.7 Å². The van der Waals surface area contributed by atoms with E-state index in [0.29, 0.717) is 18.0 Å². The molecular formula is C16H23NO3S. The van der Waals surface area contributed by atoms with E-state index in [9.17, 15) is 4.21 Å². The molecule has 0 aromatic heterocycles. The molecule has 1 saturated heterocycles. The molecule has 2 atom stereocenters. The molecule has 116 valence electrons. The number of ether oxygens (including phenoxy) is 2. The molecular weight excluding hydrogens is 286 g/mol. The van der Waals surface area contributed by atoms with Gasteiger partial charge in [0.25, 0.3) is 0 Å². The first-order valence-electron chi connectivity index (χ1n) is 7.62. The molecule has 5 heteroatoms. The fraction of sp³-hybridized carbons (Fsp3) is 0.625. The van der Waals surface area contributed by atoms with Crippen LogP contribution in [-0.4, -0.2) is 28.8 Å². The molecule has 2 aliphatic rings. The van der Waals surface area contributed by atoms with Gasteiger partial charge in [-0.1, -0.05) is 12.8 Å². The molecule has 0 amide bonds. The fourth-order valence-corrected chi connectivity index (χ4v) is 5.23. The van der Waals surface area contributed by atoms with Gasteiger partial charge in [0.05, 0.1) is 28.4 Å². The quantitative estimate of drug-likeness (QED) is 0.872. The van der Waals surface area contributed by atoms with Crippen LogP contribution < -0.4 is 10.5 Å². The Morgan fingerprint density at radius 1 is 1.38 bits per heavy atom. The van der Waals surface area contributed by atoms with E-state index in [0.717, 1.165) is 30.6 Å². The Morgan fingerprint density at radius 3 is 2.86 bits per heavy atom. The van der Waals surface area contributed by atoms with E-state index in [2.05, 4.69) is 0 Å². The minimum absolute atomic E-state index is 0.0143. The number of hydrogen-bond acceptors (Lipinski definition) is 4. The predicted octanol–water partition coefficient (Wildman–Crippen LogP) is 2.88. The van der Waals surface area contributed by atoms with Crippen LogP contribution in [0, 0.1) is 0 Å². The standard InChI is InChI=1S/C16H23NO3S/c1-19-14-10-12(17)4-5-15(14)21(18)13-6-9-20-16(11-13)7-2-3-8-16/h4-5,10,13H,2-3,6-9,11,17H2,1H3. The summed E-state index contributed by atoms with van der Waals surface area (Å²) in [6, 6.07) is 5.37. The molecule has 2 N–H and O–H groups in total. The second-order valence-corrected chi connectivity index (χ2v) is 7.76. The van der Waals surface area contributed by atoms with Gasteiger partial charge in [-0.25, -0.2) is 0 Å². The minimum Gasteiger partial charge on any atom is -0.495 e. The van der Waals surface area contributed by atoms with Crippen LogP contribution in [0.2, 0.25) is 0 Å². The van der Waals surface area contributed by atoms with E-state index >= 15 is 0 Å². The Bertz CT molecular complexity index is 540. The summed E-state index contributed by atoms with van der Waals surface area (Å²) in [6.45, 7) is 0.716. The minimum atomic E-state index is -1.07. The van der Waals surface area contributed by atoms with E-state index < -0.39 is 10.8 Å². The Morgan fingerprint density at radius 2 is 2.14 bits per heavy atom. The third-order valence-electron chi connectivity index (χ3n) is 4.67. The number of rotatable bonds is 3. The molecule has 1 heterocycles. The topological polar surface area (TPSA) is 61.5 Å². The first kappa shape index (κ1) is 14.9. The highest BCUT2D eigenvalue weighted by molar-refractivity contribution is 7.85. The molecule has 0 radical (unpaired) electrons. The van der Waals surface area contributed by atoms with Crippen molar-refractivity contribution in [2.75, 3.05) is 19.5 Å². The van der Waals surface area contributed by atoms with Crippen molar-refractivity contribution in [3.63, 3.8) is 0 Å². The largest absolute Gasteiger partial charge is 0.495 e. The maximum absolute atomic E-state index is 13.0. The molecule has 3 rings (SSSR count). The van der Waals surface area contributed by atoms with Crippen molar-refractivity contribution in [1.82, 2.24) is 0 Å². The van der Waals surface area contributed by atoms with Gasteiger partial charge >= 0.3 is 0 Å². The summed E-state index contributed by atoms with van der Waals surface area (Å²) >= 11 is 0. The zero-order chi connectivity index (χ0) is 14.9. The van der Waals surface area contributed by atoms with Crippen molar-refractivity contribution in [3.05, 3.63) is 18.2 Å². The summed E-state index contributed by atoms with van der Waals surface area (Å²) in [5.41, 5.74) is 6.39. The third kappa shape index (κ3) is 2.94. The summed E-state index contributed by atoms with van der Waals surface area (Å²) in [6.07, 6.45) is 6.42. The Labute approximate surface area is 128 Å². The Hall–Kier alpha value is -1.07. The molecule has 1 saturated carbocycles. The monoisotopic (exact) mass is 309 g/mol. The first-order chi connectivity index (χ1) is 10.1. The highest BCUT2D eigenvalue weighted by Gasteiger charge is 2.42. The normalized spacial score (nSPS) is 25.9. The number of anilines is 1. The van der Waals surface area contributed by atoms with E-state index in [1.54, 1.807) is 19.2 Å². The van der Waals surface area contributed by atoms with Gasteiger partial charge in [-0.05, 0) is 37.8 Å². The van der Waals surface area contributed by atoms with Gasteiger partial charge in [0, 0.05) is 23.6 Å². The summed E-state index contributed by atoms with van der Waals surface area (Å²) in [5, 5.41) is 0.148. The van der Waals surface area contributed by atoms with E-state index in [1.807, 2.05) is 6.07 Å². The molecule has 1 aromatic rings. The second-order valence-electron chi connectivity index (χ2n) is 6.06. The van der Waals surface area contributed by atoms with E-state index in [1.165, 1.54) is 12.8 Å². The van der Waals surface area contributed by atoms with Gasteiger partial charge in [0.1, 0.15) is 5.75 Å². The Balaban J connectivity index is 1.81. The first-order valence-corrected chi connectivity index (χ1v) is 8.83. The summed E-state index contributed by atoms with van der Waals surface area (Å²) in [4.78, 5) is 0.756. The highest BCUT2D eigenvalue weighted by atomic mass is 32.2. The van der Waals surface area contributed by atoms with Crippen molar-refractivity contribution >= 4 is 16.5 Å². The number of hydrogen-bond donors (Lipinski definition) is 1. The Kier molecular flexibility index (Phi) is 4.22. The molecule has 4 nitrogen and oxygen atoms in total. The molecule has 2 fully saturated rings. The zero-order valence-electron chi connectivity index (χ0n) is 12.5. The lowest BCUT2D eigenvalue weighted by Crippen LogP contribution is -2.41. The van der Waals surface area contributed by atoms with Crippen LogP contribution in [0.15, 0.2) is 23.1 Å². The van der Waals surface area contributed by atoms with Crippen LogP contribution in [-0.2, 0) is 15.5 Å². The fourth-order valence-electron chi connectivity index (χ4n) is 3.56. The smallest absolute Gasteiger partial charge is 0.137 e. The van der Waals surface area contributed by atoms with Crippen LogP contribution in [0.5, 0.6) is 5.75 Å². The molecule has 1 spiro atoms. The lowest BCUT2D eigenvalue weighted by atomic mass is 9.92. The molecule has 1 aromatic carbocycles. The van der Waals surface area contributed by atoms with Crippen molar-refractivity contribution in [3.8, 4) is 5.75 Å². The average Bonchev–Trinajstić information content (AvgIpc) is 2.94. The maximum atomic E-state index is 13.0. The summed E-state index contributed by atoms with van der Waals surface area (Å²) in [7, 11) is 0.523. The van der Waals surface area contributed by atoms with Crippen LogP contribution >= 0.6 is 0 Å². The van der Waals surface area contributed by atoms with E-state index in [-0.39, 0.29) is 10.9 Å². The SMILES string of the molecule is COc1cc(N)ccc1S(=O)C1CCOC2(CCCC2)C1. The van der Waals surface area contributed by atoms with Gasteiger partial charge in [0.15, 0.2) is 0 Å². The lowest BCUT2D eigenvalue weighted by Gasteiger charge is -2.37. The molecule has 1 aliphatic heterocycles. The van der Waals surface area contributed by atoms with Crippen molar-refractivity contribution in [1.29, 1.82) is 0 Å². The zero-order valence-corrected chi connectivity index (χ0v) is 13.3. The van der Waals surface area contributed by atoms with Crippen molar-refractivity contribution in [2.24, 2.45) is 0 Å². The number of methoxy groups -OCH3 is 1. The average molecular weight is 309 g/mol. The van der Waals surface area contributed by atoms with Crippen LogP contribution in [0.25, 0.3) is 0 Å². The van der Waals surface area contributed by atoms with Gasteiger partial charge < -0.3 is 15.2 Å². The van der Waals surface area contributed by atoms with Crippen LogP contribution in [0.1, 0.15) is 38.5 Å². The third-order valence-corrected chi connectivity index (χ3v) is 6.45. The summed E-state index contributed by atoms with van der Waals surface area (Å²) < 4.78 is 24.3. The van der Waals surface area contributed by atoms with Gasteiger partial charge in [-0.15, -0.1) is 0 Å². The second kappa shape index (κ2) is 5.97. The van der Waals surface area contributed by atoms with Crippen LogP contribution in [0.4, 0.5) is 5.69 Å². The van der Waals surface area contributed by atoms with Gasteiger partial charge in [0.2, 0.25) is 0 Å². The highest BCUT2D eigenvalue weighted by Crippen LogP contribution is 2.42. The number of nitrogens with two attached hydrogens (primary N) is 1. The van der Waals surface area contributed by atoms with Crippen LogP contribution in [0.3, 0.4) is 0 Å².